The Labute approximate surface area is 153 Å². The summed E-state index contributed by atoms with van der Waals surface area (Å²) in [7, 11) is 3.16. The van der Waals surface area contributed by atoms with Gasteiger partial charge in [0.05, 0.1) is 19.6 Å². The summed E-state index contributed by atoms with van der Waals surface area (Å²) in [4.78, 5) is 13.1. The van der Waals surface area contributed by atoms with Crippen LogP contribution in [0.2, 0.25) is 0 Å². The lowest BCUT2D eigenvalue weighted by Gasteiger charge is -2.28. The van der Waals surface area contributed by atoms with Gasteiger partial charge in [0.15, 0.2) is 11.5 Å². The predicted molar refractivity (Wildman–Crippen MR) is 97.9 cm³/mol. The second-order valence-corrected chi connectivity index (χ2v) is 6.63. The summed E-state index contributed by atoms with van der Waals surface area (Å²) < 4.78 is 24.5. The van der Waals surface area contributed by atoms with Crippen molar-refractivity contribution in [1.29, 1.82) is 0 Å². The second-order valence-electron chi connectivity index (χ2n) is 6.63. The molecular formula is C21H24FNO3. The molecule has 1 fully saturated rings. The van der Waals surface area contributed by atoms with E-state index in [4.69, 9.17) is 9.47 Å². The van der Waals surface area contributed by atoms with E-state index in [0.717, 1.165) is 36.8 Å². The number of amides is 1. The van der Waals surface area contributed by atoms with E-state index in [1.54, 1.807) is 20.3 Å². The topological polar surface area (TPSA) is 47.6 Å². The number of carbonyl (C=O) groups excluding carboxylic acids is 1. The average molecular weight is 357 g/mol. The van der Waals surface area contributed by atoms with Crippen molar-refractivity contribution in [1.82, 2.24) is 5.32 Å². The highest BCUT2D eigenvalue weighted by atomic mass is 19.1. The number of benzene rings is 2. The van der Waals surface area contributed by atoms with Crippen molar-refractivity contribution in [2.75, 3.05) is 14.2 Å². The summed E-state index contributed by atoms with van der Waals surface area (Å²) in [6.45, 7) is 0.330. The van der Waals surface area contributed by atoms with Gasteiger partial charge < -0.3 is 14.8 Å². The van der Waals surface area contributed by atoms with Crippen molar-refractivity contribution in [2.24, 2.45) is 0 Å². The number of nitrogens with one attached hydrogen (secondary N) is 1. The Kier molecular flexibility index (Phi) is 5.45. The fourth-order valence-corrected chi connectivity index (χ4v) is 3.85. The van der Waals surface area contributed by atoms with E-state index in [9.17, 15) is 9.18 Å². The fourth-order valence-electron chi connectivity index (χ4n) is 3.85. The molecule has 0 radical (unpaired) electrons. The van der Waals surface area contributed by atoms with Crippen LogP contribution < -0.4 is 14.8 Å². The van der Waals surface area contributed by atoms with E-state index < -0.39 is 5.41 Å². The first-order valence-corrected chi connectivity index (χ1v) is 8.85. The standard InChI is InChI=1S/C21H24FNO3/c1-25-18-10-5-7-15(19(18)26-2)14-23-20(24)21(11-3-4-12-21)16-8-6-9-17(22)13-16/h5-10,13H,3-4,11-12,14H2,1-2H3,(H,23,24). The van der Waals surface area contributed by atoms with Crippen molar-refractivity contribution in [2.45, 2.75) is 37.6 Å². The van der Waals surface area contributed by atoms with Gasteiger partial charge in [-0.1, -0.05) is 37.1 Å². The van der Waals surface area contributed by atoms with E-state index in [0.29, 0.717) is 18.0 Å². The first-order valence-electron chi connectivity index (χ1n) is 8.85. The molecule has 2 aromatic rings. The molecule has 4 nitrogen and oxygen atoms in total. The molecule has 1 aliphatic carbocycles. The van der Waals surface area contributed by atoms with E-state index in [1.165, 1.54) is 12.1 Å². The smallest absolute Gasteiger partial charge is 0.230 e. The summed E-state index contributed by atoms with van der Waals surface area (Å²) in [5.74, 6) is 0.864. The SMILES string of the molecule is COc1cccc(CNC(=O)C2(c3cccc(F)c3)CCCC2)c1OC. The molecule has 0 heterocycles. The number of hydrogen-bond acceptors (Lipinski definition) is 3. The number of halogens is 1. The first kappa shape index (κ1) is 18.2. The summed E-state index contributed by atoms with van der Waals surface area (Å²) in [5.41, 5.74) is 0.937. The molecule has 0 aromatic heterocycles. The number of hydrogen-bond donors (Lipinski definition) is 1. The van der Waals surface area contributed by atoms with Crippen LogP contribution in [0, 0.1) is 5.82 Å². The predicted octanol–water partition coefficient (Wildman–Crippen LogP) is 3.97. The van der Waals surface area contributed by atoms with Gasteiger partial charge in [-0.05, 0) is 36.6 Å². The minimum atomic E-state index is -0.659. The fraction of sp³-hybridized carbons (Fsp3) is 0.381. The molecule has 0 unspecified atom stereocenters. The van der Waals surface area contributed by atoms with Crippen molar-refractivity contribution in [3.05, 3.63) is 59.4 Å². The van der Waals surface area contributed by atoms with Gasteiger partial charge in [-0.25, -0.2) is 4.39 Å². The molecule has 0 bridgehead atoms. The number of carbonyl (C=O) groups is 1. The third-order valence-corrected chi connectivity index (χ3v) is 5.19. The highest BCUT2D eigenvalue weighted by Crippen LogP contribution is 2.41. The Bertz CT molecular complexity index is 785. The summed E-state index contributed by atoms with van der Waals surface area (Å²) in [6, 6.07) is 12.0. The van der Waals surface area contributed by atoms with Crippen LogP contribution in [-0.4, -0.2) is 20.1 Å². The van der Waals surface area contributed by atoms with Crippen LogP contribution in [0.25, 0.3) is 0 Å². The molecule has 1 saturated carbocycles. The zero-order chi connectivity index (χ0) is 18.6. The van der Waals surface area contributed by atoms with Gasteiger partial charge in [0, 0.05) is 12.1 Å². The molecule has 0 atom stereocenters. The van der Waals surface area contributed by atoms with Gasteiger partial charge in [-0.3, -0.25) is 4.79 Å². The third kappa shape index (κ3) is 3.39. The second kappa shape index (κ2) is 7.77. The molecule has 138 valence electrons. The molecular weight excluding hydrogens is 333 g/mol. The molecule has 0 saturated heterocycles. The van der Waals surface area contributed by atoms with Crippen molar-refractivity contribution >= 4 is 5.91 Å². The van der Waals surface area contributed by atoms with Crippen molar-refractivity contribution < 1.29 is 18.7 Å². The maximum atomic E-state index is 13.7. The molecule has 26 heavy (non-hydrogen) atoms. The quantitative estimate of drug-likeness (QED) is 0.851. The highest BCUT2D eigenvalue weighted by Gasteiger charge is 2.42. The molecule has 0 spiro atoms. The Morgan fingerprint density at radius 1 is 1.12 bits per heavy atom. The molecule has 3 rings (SSSR count). The maximum Gasteiger partial charge on any atom is 0.230 e. The van der Waals surface area contributed by atoms with Gasteiger partial charge in [0.2, 0.25) is 5.91 Å². The van der Waals surface area contributed by atoms with Gasteiger partial charge in [0.25, 0.3) is 0 Å². The van der Waals surface area contributed by atoms with Gasteiger partial charge in [-0.2, -0.15) is 0 Å². The van der Waals surface area contributed by atoms with Crippen molar-refractivity contribution in [3.8, 4) is 11.5 Å². The highest BCUT2D eigenvalue weighted by molar-refractivity contribution is 5.88. The van der Waals surface area contributed by atoms with Gasteiger partial charge in [-0.15, -0.1) is 0 Å². The normalized spacial score (nSPS) is 15.5. The molecule has 1 aliphatic rings. The molecule has 1 amide bonds. The van der Waals surface area contributed by atoms with Crippen LogP contribution in [0.15, 0.2) is 42.5 Å². The van der Waals surface area contributed by atoms with E-state index in [1.807, 2.05) is 24.3 Å². The van der Waals surface area contributed by atoms with E-state index in [2.05, 4.69) is 5.32 Å². The maximum absolute atomic E-state index is 13.7. The van der Waals surface area contributed by atoms with Gasteiger partial charge in [0.1, 0.15) is 5.82 Å². The monoisotopic (exact) mass is 357 g/mol. The average Bonchev–Trinajstić information content (AvgIpc) is 3.16. The minimum absolute atomic E-state index is 0.0644. The number of ether oxygens (including phenoxy) is 2. The van der Waals surface area contributed by atoms with Crippen LogP contribution in [0.5, 0.6) is 11.5 Å². The molecule has 0 aliphatic heterocycles. The third-order valence-electron chi connectivity index (χ3n) is 5.19. The van der Waals surface area contributed by atoms with Crippen molar-refractivity contribution in [3.63, 3.8) is 0 Å². The van der Waals surface area contributed by atoms with Crippen LogP contribution in [0.1, 0.15) is 36.8 Å². The summed E-state index contributed by atoms with van der Waals surface area (Å²) in [5, 5.41) is 3.03. The Balaban J connectivity index is 1.82. The van der Waals surface area contributed by atoms with Crippen LogP contribution in [0.4, 0.5) is 4.39 Å². The summed E-state index contributed by atoms with van der Waals surface area (Å²) >= 11 is 0. The molecule has 5 heteroatoms. The largest absolute Gasteiger partial charge is 0.493 e. The van der Waals surface area contributed by atoms with E-state index in [-0.39, 0.29) is 11.7 Å². The van der Waals surface area contributed by atoms with E-state index >= 15 is 0 Å². The van der Waals surface area contributed by atoms with Gasteiger partial charge >= 0.3 is 0 Å². The lowest BCUT2D eigenvalue weighted by molar-refractivity contribution is -0.126. The Morgan fingerprint density at radius 2 is 1.85 bits per heavy atom. The summed E-state index contributed by atoms with van der Waals surface area (Å²) in [6.07, 6.45) is 3.40. The van der Waals surface area contributed by atoms with Crippen LogP contribution in [-0.2, 0) is 16.8 Å². The molecule has 1 N–H and O–H groups in total. The zero-order valence-electron chi connectivity index (χ0n) is 15.2. The zero-order valence-corrected chi connectivity index (χ0v) is 15.2. The lowest BCUT2D eigenvalue weighted by atomic mass is 9.78. The molecule has 2 aromatic carbocycles. The van der Waals surface area contributed by atoms with Crippen LogP contribution in [0.3, 0.4) is 0 Å². The minimum Gasteiger partial charge on any atom is -0.493 e. The number of methoxy groups -OCH3 is 2. The van der Waals surface area contributed by atoms with Crippen LogP contribution >= 0.6 is 0 Å². The Morgan fingerprint density at radius 3 is 2.50 bits per heavy atom. The number of para-hydroxylation sites is 1. The Hall–Kier alpha value is -2.56. The lowest BCUT2D eigenvalue weighted by Crippen LogP contribution is -2.42. The number of rotatable bonds is 6. The first-order chi connectivity index (χ1) is 12.6.